The van der Waals surface area contributed by atoms with Crippen LogP contribution in [-0.4, -0.2) is 21.5 Å². The summed E-state index contributed by atoms with van der Waals surface area (Å²) in [5.41, 5.74) is 0. The van der Waals surface area contributed by atoms with Crippen LogP contribution in [0.25, 0.3) is 0 Å². The molecule has 6 heteroatoms. The standard InChI is InChI=1S/C2H5O.Na.HO3P/c1-2-3;;1-4(2)3/h3H,1-2H2;;(H-,1,2,3)/q-1;+1;/p+1. The van der Waals surface area contributed by atoms with Crippen LogP contribution in [0.3, 0.4) is 0 Å². The summed E-state index contributed by atoms with van der Waals surface area (Å²) in [5, 5.41) is 7.46. The average Bonchev–Trinajstić information content (AvgIpc) is 1.33. The van der Waals surface area contributed by atoms with Crippen molar-refractivity contribution >= 4 is 8.25 Å². The van der Waals surface area contributed by atoms with Gasteiger partial charge in [0.25, 0.3) is 0 Å². The molecule has 0 amide bonds. The maximum absolute atomic E-state index is 8.70. The summed E-state index contributed by atoms with van der Waals surface area (Å²) in [6.45, 7) is 3.04. The van der Waals surface area contributed by atoms with Crippen molar-refractivity contribution in [3.8, 4) is 0 Å². The van der Waals surface area contributed by atoms with Gasteiger partial charge in [0.2, 0.25) is 0 Å². The maximum Gasteiger partial charge on any atom is 1.00 e. The molecular formula is C2H7NaO4P+. The molecule has 8 heavy (non-hydrogen) atoms. The largest absolute Gasteiger partial charge is 1.00 e. The van der Waals surface area contributed by atoms with E-state index in [1.807, 2.05) is 0 Å². The number of aliphatic hydroxyl groups excluding tert-OH is 1. The molecule has 0 aliphatic rings. The van der Waals surface area contributed by atoms with Gasteiger partial charge in [0.1, 0.15) is 0 Å². The molecule has 0 aromatic carbocycles. The molecule has 0 aromatic rings. The Morgan fingerprint density at radius 2 is 1.50 bits per heavy atom. The van der Waals surface area contributed by atoms with Crippen LogP contribution in [0.2, 0.25) is 0 Å². The van der Waals surface area contributed by atoms with Gasteiger partial charge >= 0.3 is 37.8 Å². The summed E-state index contributed by atoms with van der Waals surface area (Å²) in [6, 6.07) is 0. The second-order valence-electron chi connectivity index (χ2n) is 0.476. The van der Waals surface area contributed by atoms with Gasteiger partial charge in [-0.15, -0.1) is 9.79 Å². The summed E-state index contributed by atoms with van der Waals surface area (Å²) < 4.78 is 8.70. The summed E-state index contributed by atoms with van der Waals surface area (Å²) in [5.74, 6) is 0. The third-order valence-corrected chi connectivity index (χ3v) is 0. The predicted molar refractivity (Wildman–Crippen MR) is 24.5 cm³/mol. The third-order valence-electron chi connectivity index (χ3n) is 0. The Balaban J connectivity index is -0.0000000575. The van der Waals surface area contributed by atoms with E-state index in [0.29, 0.717) is 0 Å². The van der Waals surface area contributed by atoms with E-state index in [2.05, 4.69) is 6.92 Å². The van der Waals surface area contributed by atoms with Crippen molar-refractivity contribution < 1.29 is 49.0 Å². The van der Waals surface area contributed by atoms with Crippen LogP contribution in [-0.2, 0) is 4.57 Å². The van der Waals surface area contributed by atoms with E-state index in [9.17, 15) is 0 Å². The van der Waals surface area contributed by atoms with Gasteiger partial charge in [-0.25, -0.2) is 0 Å². The summed E-state index contributed by atoms with van der Waals surface area (Å²) in [7, 11) is -2.87. The molecule has 0 aliphatic heterocycles. The molecule has 0 atom stereocenters. The number of hydrogen-bond donors (Lipinski definition) is 3. The number of aliphatic hydroxyl groups is 1. The summed E-state index contributed by atoms with van der Waals surface area (Å²) >= 11 is 0. The van der Waals surface area contributed by atoms with Crippen LogP contribution in [0.15, 0.2) is 0 Å². The molecule has 0 aliphatic carbocycles. The van der Waals surface area contributed by atoms with E-state index in [1.54, 1.807) is 0 Å². The minimum Gasteiger partial charge on any atom is -0.428 e. The summed E-state index contributed by atoms with van der Waals surface area (Å²) in [6.07, 6.45) is 0. The second-order valence-corrected chi connectivity index (χ2v) is 0.982. The van der Waals surface area contributed by atoms with Crippen LogP contribution in [0, 0.1) is 6.92 Å². The van der Waals surface area contributed by atoms with Gasteiger partial charge in [-0.05, 0) is 0 Å². The van der Waals surface area contributed by atoms with E-state index in [1.165, 1.54) is 0 Å². The van der Waals surface area contributed by atoms with Gasteiger partial charge in [-0.2, -0.15) is 0 Å². The van der Waals surface area contributed by atoms with Crippen molar-refractivity contribution in [1.29, 1.82) is 0 Å². The predicted octanol–water partition coefficient (Wildman–Crippen LogP) is -3.55. The van der Waals surface area contributed by atoms with Crippen LogP contribution in [0.4, 0.5) is 0 Å². The molecule has 3 N–H and O–H groups in total. The molecule has 0 saturated heterocycles. The fourth-order valence-corrected chi connectivity index (χ4v) is 0. The molecular weight excluding hydrogens is 142 g/mol. The first kappa shape index (κ1) is 16.0. The van der Waals surface area contributed by atoms with E-state index in [0.717, 1.165) is 0 Å². The fraction of sp³-hybridized carbons (Fsp3) is 0.500. The molecule has 0 unspecified atom stereocenters. The smallest absolute Gasteiger partial charge is 0.428 e. The summed E-state index contributed by atoms with van der Waals surface area (Å²) in [4.78, 5) is 14.2. The average molecular weight is 149 g/mol. The van der Waals surface area contributed by atoms with Gasteiger partial charge < -0.3 is 12.0 Å². The van der Waals surface area contributed by atoms with Crippen molar-refractivity contribution in [3.05, 3.63) is 6.92 Å². The zero-order valence-electron chi connectivity index (χ0n) is 4.61. The second kappa shape index (κ2) is 15.7. The molecule has 44 valence electrons. The Bertz CT molecular complexity index is 45.3. The zero-order chi connectivity index (χ0) is 6.28. The van der Waals surface area contributed by atoms with Crippen LogP contribution in [0.1, 0.15) is 0 Å². The monoisotopic (exact) mass is 149 g/mol. The van der Waals surface area contributed by atoms with Crippen molar-refractivity contribution in [3.63, 3.8) is 0 Å². The van der Waals surface area contributed by atoms with Crippen LogP contribution < -0.4 is 29.6 Å². The van der Waals surface area contributed by atoms with Gasteiger partial charge in [0.15, 0.2) is 0 Å². The zero-order valence-corrected chi connectivity index (χ0v) is 7.51. The number of rotatable bonds is 0. The maximum atomic E-state index is 8.70. The third kappa shape index (κ3) is 260. The minimum atomic E-state index is -2.87. The molecule has 0 spiro atoms. The Labute approximate surface area is 70.8 Å². The van der Waals surface area contributed by atoms with Crippen molar-refractivity contribution in [1.82, 2.24) is 0 Å². The van der Waals surface area contributed by atoms with Gasteiger partial charge in [0.05, 0.1) is 0 Å². The first-order valence-electron chi connectivity index (χ1n) is 1.40. The molecule has 4 nitrogen and oxygen atoms in total. The Morgan fingerprint density at radius 3 is 1.50 bits per heavy atom. The molecule has 0 saturated carbocycles. The van der Waals surface area contributed by atoms with Crippen LogP contribution >= 0.6 is 8.25 Å². The fourth-order valence-electron chi connectivity index (χ4n) is 0. The SMILES string of the molecule is O=[P+](O)O.[CH2-]CO.[Na+]. The Hall–Kier alpha value is 0.980. The minimum absolute atomic E-state index is 0. The van der Waals surface area contributed by atoms with E-state index >= 15 is 0 Å². The van der Waals surface area contributed by atoms with E-state index in [4.69, 9.17) is 19.5 Å². The molecule has 0 bridgehead atoms. The van der Waals surface area contributed by atoms with Crippen molar-refractivity contribution in [2.24, 2.45) is 0 Å². The number of hydrogen-bond acceptors (Lipinski definition) is 2. The quantitative estimate of drug-likeness (QED) is 0.189. The Morgan fingerprint density at radius 1 is 1.50 bits per heavy atom. The van der Waals surface area contributed by atoms with Gasteiger partial charge in [0, 0.05) is 4.57 Å². The first-order chi connectivity index (χ1) is 3.15. The van der Waals surface area contributed by atoms with Gasteiger partial charge in [-0.3, -0.25) is 0 Å². The molecule has 0 aromatic heterocycles. The van der Waals surface area contributed by atoms with Crippen LogP contribution in [0.5, 0.6) is 0 Å². The van der Waals surface area contributed by atoms with E-state index in [-0.39, 0.29) is 36.2 Å². The first-order valence-corrected chi connectivity index (χ1v) is 2.56. The molecule has 0 heterocycles. The molecule has 0 radical (unpaired) electrons. The Kier molecular flexibility index (Phi) is 31.3. The van der Waals surface area contributed by atoms with E-state index < -0.39 is 8.25 Å². The van der Waals surface area contributed by atoms with Crippen molar-refractivity contribution in [2.75, 3.05) is 6.61 Å². The molecule has 0 rings (SSSR count). The normalized spacial score (nSPS) is 5.50. The van der Waals surface area contributed by atoms with Crippen molar-refractivity contribution in [2.45, 2.75) is 0 Å². The topological polar surface area (TPSA) is 77.8 Å². The van der Waals surface area contributed by atoms with Gasteiger partial charge in [-0.1, -0.05) is 6.61 Å². The molecule has 0 fully saturated rings.